The van der Waals surface area contributed by atoms with E-state index in [1.807, 2.05) is 18.2 Å². The highest BCUT2D eigenvalue weighted by Crippen LogP contribution is 2.25. The summed E-state index contributed by atoms with van der Waals surface area (Å²) < 4.78 is 33.1. The van der Waals surface area contributed by atoms with E-state index in [-0.39, 0.29) is 10.9 Å². The fraction of sp³-hybridized carbons (Fsp3) is 0.368. The molecule has 134 valence electrons. The van der Waals surface area contributed by atoms with E-state index < -0.39 is 10.0 Å². The topological polar surface area (TPSA) is 58.6 Å². The van der Waals surface area contributed by atoms with Gasteiger partial charge < -0.3 is 4.74 Å². The van der Waals surface area contributed by atoms with Crippen LogP contribution in [-0.4, -0.2) is 40.1 Å². The SMILES string of the molecule is COc1ccc(S(=O)(=O)NC[C@H](c2ccccc2)N2CCCC2)cc1. The van der Waals surface area contributed by atoms with Crippen LogP contribution in [0.4, 0.5) is 0 Å². The van der Waals surface area contributed by atoms with Crippen molar-refractivity contribution in [1.29, 1.82) is 0 Å². The molecule has 1 atom stereocenters. The number of hydrogen-bond donors (Lipinski definition) is 1. The van der Waals surface area contributed by atoms with Crippen LogP contribution in [0.15, 0.2) is 59.5 Å². The first-order chi connectivity index (χ1) is 12.1. The van der Waals surface area contributed by atoms with Crippen molar-refractivity contribution in [3.8, 4) is 5.75 Å². The molecule has 1 aliphatic heterocycles. The molecule has 0 aliphatic carbocycles. The maximum absolute atomic E-state index is 12.6. The summed E-state index contributed by atoms with van der Waals surface area (Å²) in [6, 6.07) is 16.6. The van der Waals surface area contributed by atoms with Gasteiger partial charge in [0.05, 0.1) is 12.0 Å². The minimum atomic E-state index is -3.55. The first kappa shape index (κ1) is 17.9. The van der Waals surface area contributed by atoms with Crippen LogP contribution in [0.5, 0.6) is 5.75 Å². The Morgan fingerprint density at radius 3 is 2.28 bits per heavy atom. The van der Waals surface area contributed by atoms with Crippen LogP contribution in [0.25, 0.3) is 0 Å². The van der Waals surface area contributed by atoms with Gasteiger partial charge in [0.15, 0.2) is 0 Å². The van der Waals surface area contributed by atoms with Crippen molar-refractivity contribution in [1.82, 2.24) is 9.62 Å². The maximum atomic E-state index is 12.6. The van der Waals surface area contributed by atoms with E-state index in [0.717, 1.165) is 31.5 Å². The predicted octanol–water partition coefficient (Wildman–Crippen LogP) is 2.81. The molecular weight excluding hydrogens is 336 g/mol. The third-order valence-electron chi connectivity index (χ3n) is 4.60. The van der Waals surface area contributed by atoms with Gasteiger partial charge in [-0.3, -0.25) is 4.90 Å². The van der Waals surface area contributed by atoms with Crippen molar-refractivity contribution in [3.63, 3.8) is 0 Å². The molecule has 2 aromatic carbocycles. The van der Waals surface area contributed by atoms with Crippen molar-refractivity contribution in [3.05, 3.63) is 60.2 Å². The van der Waals surface area contributed by atoms with Gasteiger partial charge in [-0.15, -0.1) is 0 Å². The van der Waals surface area contributed by atoms with Gasteiger partial charge >= 0.3 is 0 Å². The summed E-state index contributed by atoms with van der Waals surface area (Å²) in [6.45, 7) is 2.37. The van der Waals surface area contributed by atoms with Gasteiger partial charge in [0.1, 0.15) is 5.75 Å². The predicted molar refractivity (Wildman–Crippen MR) is 98.2 cm³/mol. The molecule has 0 amide bonds. The smallest absolute Gasteiger partial charge is 0.240 e. The molecule has 0 bridgehead atoms. The van der Waals surface area contributed by atoms with Crippen molar-refractivity contribution >= 4 is 10.0 Å². The summed E-state index contributed by atoms with van der Waals surface area (Å²) in [5.41, 5.74) is 1.14. The lowest BCUT2D eigenvalue weighted by atomic mass is 10.1. The molecule has 5 nitrogen and oxygen atoms in total. The van der Waals surface area contributed by atoms with Gasteiger partial charge in [0.25, 0.3) is 0 Å². The van der Waals surface area contributed by atoms with Crippen molar-refractivity contribution in [2.45, 2.75) is 23.8 Å². The molecule has 2 aromatic rings. The minimum absolute atomic E-state index is 0.0525. The molecular formula is C19H24N2O3S. The monoisotopic (exact) mass is 360 g/mol. The Bertz CT molecular complexity index is 770. The number of benzene rings is 2. The average Bonchev–Trinajstić information content (AvgIpc) is 3.17. The van der Waals surface area contributed by atoms with Gasteiger partial charge in [-0.1, -0.05) is 30.3 Å². The van der Waals surface area contributed by atoms with Crippen LogP contribution in [0.2, 0.25) is 0 Å². The van der Waals surface area contributed by atoms with Gasteiger partial charge in [-0.2, -0.15) is 0 Å². The van der Waals surface area contributed by atoms with E-state index in [1.54, 1.807) is 31.4 Å². The molecule has 3 rings (SSSR count). The van der Waals surface area contributed by atoms with E-state index in [1.165, 1.54) is 0 Å². The van der Waals surface area contributed by atoms with Crippen molar-refractivity contribution in [2.75, 3.05) is 26.7 Å². The molecule has 0 spiro atoms. The molecule has 0 saturated carbocycles. The number of nitrogens with zero attached hydrogens (tertiary/aromatic N) is 1. The maximum Gasteiger partial charge on any atom is 0.240 e. The van der Waals surface area contributed by atoms with E-state index in [4.69, 9.17) is 4.74 Å². The van der Waals surface area contributed by atoms with Crippen LogP contribution < -0.4 is 9.46 Å². The Labute approximate surface area is 149 Å². The summed E-state index contributed by atoms with van der Waals surface area (Å²) >= 11 is 0. The van der Waals surface area contributed by atoms with Crippen molar-refractivity contribution < 1.29 is 13.2 Å². The molecule has 6 heteroatoms. The fourth-order valence-corrected chi connectivity index (χ4v) is 4.25. The highest BCUT2D eigenvalue weighted by Gasteiger charge is 2.25. The third-order valence-corrected chi connectivity index (χ3v) is 6.04. The second-order valence-electron chi connectivity index (χ2n) is 6.20. The highest BCUT2D eigenvalue weighted by atomic mass is 32.2. The molecule has 0 unspecified atom stereocenters. The zero-order valence-electron chi connectivity index (χ0n) is 14.4. The van der Waals surface area contributed by atoms with Crippen molar-refractivity contribution in [2.24, 2.45) is 0 Å². The number of methoxy groups -OCH3 is 1. The quantitative estimate of drug-likeness (QED) is 0.825. The second-order valence-corrected chi connectivity index (χ2v) is 7.96. The van der Waals surface area contributed by atoms with Crippen LogP contribution >= 0.6 is 0 Å². The van der Waals surface area contributed by atoms with E-state index >= 15 is 0 Å². The van der Waals surface area contributed by atoms with Gasteiger partial charge in [0, 0.05) is 12.6 Å². The fourth-order valence-electron chi connectivity index (χ4n) is 3.21. The third kappa shape index (κ3) is 4.39. The second kappa shape index (κ2) is 7.99. The van der Waals surface area contributed by atoms with Crippen LogP contribution in [0.1, 0.15) is 24.4 Å². The normalized spacial score (nSPS) is 16.7. The molecule has 1 fully saturated rings. The minimum Gasteiger partial charge on any atom is -0.497 e. The lowest BCUT2D eigenvalue weighted by Gasteiger charge is -2.28. The molecule has 1 aliphatic rings. The van der Waals surface area contributed by atoms with Crippen LogP contribution in [0, 0.1) is 0 Å². The Hall–Kier alpha value is -1.89. The average molecular weight is 360 g/mol. The number of likely N-dealkylation sites (tertiary alicyclic amines) is 1. The van der Waals surface area contributed by atoms with Gasteiger partial charge in [-0.05, 0) is 55.8 Å². The summed E-state index contributed by atoms with van der Waals surface area (Å²) in [7, 11) is -1.99. The van der Waals surface area contributed by atoms with E-state index in [2.05, 4.69) is 21.8 Å². The van der Waals surface area contributed by atoms with Gasteiger partial charge in [0.2, 0.25) is 10.0 Å². The molecule has 1 heterocycles. The van der Waals surface area contributed by atoms with Crippen LogP contribution in [0.3, 0.4) is 0 Å². The first-order valence-electron chi connectivity index (χ1n) is 8.53. The van der Waals surface area contributed by atoms with Gasteiger partial charge in [-0.25, -0.2) is 13.1 Å². The Morgan fingerprint density at radius 1 is 1.04 bits per heavy atom. The first-order valence-corrected chi connectivity index (χ1v) is 10.0. The number of hydrogen-bond acceptors (Lipinski definition) is 4. The molecule has 0 aromatic heterocycles. The zero-order valence-corrected chi connectivity index (χ0v) is 15.2. The summed E-state index contributed by atoms with van der Waals surface area (Å²) in [5, 5.41) is 0. The lowest BCUT2D eigenvalue weighted by molar-refractivity contribution is 0.246. The highest BCUT2D eigenvalue weighted by molar-refractivity contribution is 7.89. The Kier molecular flexibility index (Phi) is 5.73. The number of nitrogens with one attached hydrogen (secondary N) is 1. The lowest BCUT2D eigenvalue weighted by Crippen LogP contribution is -2.36. The summed E-state index contributed by atoms with van der Waals surface area (Å²) in [6.07, 6.45) is 2.32. The molecule has 25 heavy (non-hydrogen) atoms. The molecule has 1 saturated heterocycles. The summed E-state index contributed by atoms with van der Waals surface area (Å²) in [5.74, 6) is 0.637. The largest absolute Gasteiger partial charge is 0.497 e. The van der Waals surface area contributed by atoms with E-state index in [9.17, 15) is 8.42 Å². The van der Waals surface area contributed by atoms with E-state index in [0.29, 0.717) is 12.3 Å². The number of ether oxygens (including phenoxy) is 1. The number of sulfonamides is 1. The Balaban J connectivity index is 1.75. The zero-order chi connectivity index (χ0) is 17.7. The van der Waals surface area contributed by atoms with Crippen LogP contribution in [-0.2, 0) is 10.0 Å². The standard InChI is InChI=1S/C19H24N2O3S/c1-24-17-9-11-18(12-10-17)25(22,23)20-15-19(21-13-5-6-14-21)16-7-3-2-4-8-16/h2-4,7-12,19-20H,5-6,13-15H2,1H3/t19-/m1/s1. The number of rotatable bonds is 7. The summed E-state index contributed by atoms with van der Waals surface area (Å²) in [4.78, 5) is 2.60. The Morgan fingerprint density at radius 2 is 1.68 bits per heavy atom. The molecule has 1 N–H and O–H groups in total. The molecule has 0 radical (unpaired) electrons.